The van der Waals surface area contributed by atoms with Crippen molar-refractivity contribution in [1.29, 1.82) is 0 Å². The Morgan fingerprint density at radius 2 is 1.45 bits per heavy atom. The Balaban J connectivity index is 1.38. The van der Waals surface area contributed by atoms with Crippen molar-refractivity contribution >= 4 is 5.97 Å². The summed E-state index contributed by atoms with van der Waals surface area (Å²) in [7, 11) is 0. The zero-order valence-corrected chi connectivity index (χ0v) is 22.3. The van der Waals surface area contributed by atoms with E-state index in [2.05, 4.69) is 21.4 Å². The van der Waals surface area contributed by atoms with Crippen molar-refractivity contribution in [3.8, 4) is 34.4 Å². The third-order valence-corrected chi connectivity index (χ3v) is 7.10. The summed E-state index contributed by atoms with van der Waals surface area (Å²) in [5.74, 6) is 2.52. The Labute approximate surface area is 232 Å². The molecule has 0 saturated carbocycles. The van der Waals surface area contributed by atoms with Crippen LogP contribution in [0.2, 0.25) is 0 Å². The van der Waals surface area contributed by atoms with E-state index in [0.29, 0.717) is 49.2 Å². The zero-order valence-electron chi connectivity index (χ0n) is 22.3. The van der Waals surface area contributed by atoms with Gasteiger partial charge in [0.15, 0.2) is 28.7 Å². The van der Waals surface area contributed by atoms with Crippen LogP contribution in [0.3, 0.4) is 0 Å². The molecule has 40 heavy (non-hydrogen) atoms. The van der Waals surface area contributed by atoms with Gasteiger partial charge in [-0.25, -0.2) is 9.78 Å². The molecule has 0 radical (unpaired) electrons. The summed E-state index contributed by atoms with van der Waals surface area (Å²) in [4.78, 5) is 19.4. The number of hydrogen-bond acceptors (Lipinski definition) is 7. The van der Waals surface area contributed by atoms with Gasteiger partial charge in [-0.2, -0.15) is 0 Å². The average Bonchev–Trinajstić information content (AvgIpc) is 3.70. The number of carbonyl (C=O) groups is 1. The number of aromatic carboxylic acids is 1. The van der Waals surface area contributed by atoms with Crippen molar-refractivity contribution in [2.45, 2.75) is 45.9 Å². The average molecular weight is 542 g/mol. The molecule has 0 saturated heterocycles. The smallest absolute Gasteiger partial charge is 0.356 e. The van der Waals surface area contributed by atoms with E-state index in [-0.39, 0.29) is 19.3 Å². The molecule has 6 rings (SSSR count). The maximum Gasteiger partial charge on any atom is 0.356 e. The third kappa shape index (κ3) is 5.33. The summed E-state index contributed by atoms with van der Waals surface area (Å²) in [6.45, 7) is 4.73. The van der Waals surface area contributed by atoms with Crippen LogP contribution in [0.4, 0.5) is 0 Å². The molecule has 1 aromatic heterocycles. The van der Waals surface area contributed by atoms with Gasteiger partial charge in [0, 0.05) is 31.7 Å². The molecule has 0 amide bonds. The van der Waals surface area contributed by atoms with Gasteiger partial charge in [-0.1, -0.05) is 55.8 Å². The number of ether oxygens (including phenoxy) is 4. The fourth-order valence-corrected chi connectivity index (χ4v) is 5.16. The number of unbranched alkanes of at least 4 members (excludes halogenated alkanes) is 1. The van der Waals surface area contributed by atoms with Crippen molar-refractivity contribution in [1.82, 2.24) is 14.5 Å². The minimum absolute atomic E-state index is 0.0799. The largest absolute Gasteiger partial charge is 0.476 e. The monoisotopic (exact) mass is 541 g/mol. The molecule has 9 heteroatoms. The predicted octanol–water partition coefficient (Wildman–Crippen LogP) is 5.71. The van der Waals surface area contributed by atoms with Crippen molar-refractivity contribution in [2.24, 2.45) is 0 Å². The number of imidazole rings is 1. The number of hydrogen-bond donors (Lipinski definition) is 1. The first kappa shape index (κ1) is 25.8. The van der Waals surface area contributed by atoms with E-state index >= 15 is 0 Å². The highest BCUT2D eigenvalue weighted by molar-refractivity contribution is 5.88. The number of aromatic nitrogens is 2. The predicted molar refractivity (Wildman–Crippen MR) is 148 cm³/mol. The van der Waals surface area contributed by atoms with Gasteiger partial charge in [0.05, 0.1) is 5.69 Å². The number of benzene rings is 3. The lowest BCUT2D eigenvalue weighted by Gasteiger charge is -2.24. The van der Waals surface area contributed by atoms with Crippen molar-refractivity contribution in [3.05, 3.63) is 89.2 Å². The van der Waals surface area contributed by atoms with E-state index in [1.54, 1.807) is 0 Å². The van der Waals surface area contributed by atoms with Gasteiger partial charge in [-0.05, 0) is 41.8 Å². The zero-order chi connectivity index (χ0) is 27.5. The Hall–Kier alpha value is -4.50. The summed E-state index contributed by atoms with van der Waals surface area (Å²) in [6.07, 6.45) is 1.89. The van der Waals surface area contributed by atoms with E-state index < -0.39 is 5.97 Å². The van der Waals surface area contributed by atoms with Crippen LogP contribution < -0.4 is 18.9 Å². The van der Waals surface area contributed by atoms with Crippen molar-refractivity contribution in [2.75, 3.05) is 13.6 Å². The number of fused-ring (bicyclic) bond motifs is 2. The van der Waals surface area contributed by atoms with Gasteiger partial charge in [-0.3, -0.25) is 4.90 Å². The summed E-state index contributed by atoms with van der Waals surface area (Å²) in [6, 6.07) is 21.6. The number of nitrogens with zero attached hydrogens (tertiary/aromatic N) is 3. The SMILES string of the molecule is CCCCn1c(-c2ccccc2)nc(C(=O)O)c1CN(Cc1ccc2c(c1)OCO2)Cc1ccc2c(c1)OCO2. The molecule has 0 atom stereocenters. The second-order valence-corrected chi connectivity index (χ2v) is 9.93. The standard InChI is InChI=1S/C31H31N3O6/c1-2-3-13-34-24(29(31(35)36)32-30(34)23-7-5-4-6-8-23)18-33(16-21-9-11-25-27(14-21)39-19-37-25)17-22-10-12-26-28(15-22)40-20-38-26/h4-12,14-15H,2-3,13,16-20H2,1H3,(H,35,36). The molecular formula is C31H31N3O6. The number of carboxylic acid groups (broad SMARTS) is 1. The van der Waals surface area contributed by atoms with Crippen LogP contribution in [-0.2, 0) is 26.2 Å². The maximum atomic E-state index is 12.5. The molecule has 3 aromatic carbocycles. The molecule has 0 spiro atoms. The first-order valence-corrected chi connectivity index (χ1v) is 13.5. The van der Waals surface area contributed by atoms with Crippen LogP contribution >= 0.6 is 0 Å². The molecule has 0 unspecified atom stereocenters. The fourth-order valence-electron chi connectivity index (χ4n) is 5.16. The van der Waals surface area contributed by atoms with Gasteiger partial charge in [-0.15, -0.1) is 0 Å². The third-order valence-electron chi connectivity index (χ3n) is 7.10. The number of carboxylic acids is 1. The van der Waals surface area contributed by atoms with Crippen LogP contribution in [0.1, 0.15) is 47.1 Å². The molecule has 2 aliphatic heterocycles. The van der Waals surface area contributed by atoms with Gasteiger partial charge < -0.3 is 28.6 Å². The Bertz CT molecular complexity index is 1460. The summed E-state index contributed by atoms with van der Waals surface area (Å²) in [5, 5.41) is 10.2. The van der Waals surface area contributed by atoms with Crippen molar-refractivity contribution in [3.63, 3.8) is 0 Å². The van der Waals surface area contributed by atoms with E-state index in [1.807, 2.05) is 66.7 Å². The molecular weight excluding hydrogens is 510 g/mol. The highest BCUT2D eigenvalue weighted by atomic mass is 16.7. The van der Waals surface area contributed by atoms with E-state index in [9.17, 15) is 9.90 Å². The first-order valence-electron chi connectivity index (χ1n) is 13.5. The molecule has 2 aliphatic rings. The molecule has 0 fully saturated rings. The van der Waals surface area contributed by atoms with Gasteiger partial charge >= 0.3 is 5.97 Å². The fraction of sp³-hybridized carbons (Fsp3) is 0.290. The summed E-state index contributed by atoms with van der Waals surface area (Å²) in [5.41, 5.74) is 3.72. The maximum absolute atomic E-state index is 12.5. The van der Waals surface area contributed by atoms with Gasteiger partial charge in [0.25, 0.3) is 0 Å². The topological polar surface area (TPSA) is 95.3 Å². The van der Waals surface area contributed by atoms with Gasteiger partial charge in [0.1, 0.15) is 5.82 Å². The normalized spacial score (nSPS) is 13.2. The van der Waals surface area contributed by atoms with Crippen molar-refractivity contribution < 1.29 is 28.8 Å². The second-order valence-electron chi connectivity index (χ2n) is 9.93. The first-order chi connectivity index (χ1) is 19.6. The molecule has 0 aliphatic carbocycles. The summed E-state index contributed by atoms with van der Waals surface area (Å²) >= 11 is 0. The van der Waals surface area contributed by atoms with Crippen LogP contribution in [-0.4, -0.2) is 39.1 Å². The second kappa shape index (κ2) is 11.3. The number of rotatable bonds is 11. The van der Waals surface area contributed by atoms with E-state index in [0.717, 1.165) is 41.0 Å². The molecule has 3 heterocycles. The van der Waals surface area contributed by atoms with Crippen LogP contribution in [0.15, 0.2) is 66.7 Å². The highest BCUT2D eigenvalue weighted by Crippen LogP contribution is 2.35. The van der Waals surface area contributed by atoms with E-state index in [4.69, 9.17) is 18.9 Å². The lowest BCUT2D eigenvalue weighted by atomic mass is 10.1. The van der Waals surface area contributed by atoms with Crippen LogP contribution in [0.25, 0.3) is 11.4 Å². The molecule has 1 N–H and O–H groups in total. The van der Waals surface area contributed by atoms with Gasteiger partial charge in [0.2, 0.25) is 13.6 Å². The van der Waals surface area contributed by atoms with Crippen LogP contribution in [0, 0.1) is 0 Å². The molecule has 9 nitrogen and oxygen atoms in total. The lowest BCUT2D eigenvalue weighted by Crippen LogP contribution is -2.25. The molecule has 4 aromatic rings. The highest BCUT2D eigenvalue weighted by Gasteiger charge is 2.25. The molecule has 206 valence electrons. The molecule has 0 bridgehead atoms. The Morgan fingerprint density at radius 3 is 2.02 bits per heavy atom. The minimum Gasteiger partial charge on any atom is -0.476 e. The Kier molecular flexibility index (Phi) is 7.29. The van der Waals surface area contributed by atoms with Crippen LogP contribution in [0.5, 0.6) is 23.0 Å². The summed E-state index contributed by atoms with van der Waals surface area (Å²) < 4.78 is 24.3. The Morgan fingerprint density at radius 1 is 0.850 bits per heavy atom. The van der Waals surface area contributed by atoms with E-state index in [1.165, 1.54) is 0 Å². The quantitative estimate of drug-likeness (QED) is 0.258. The minimum atomic E-state index is -1.03. The lowest BCUT2D eigenvalue weighted by molar-refractivity contribution is 0.0687.